The largest absolute Gasteiger partial charge is 0.432 e. The van der Waals surface area contributed by atoms with Gasteiger partial charge in [-0.1, -0.05) is 63.6 Å². The predicted octanol–water partition coefficient (Wildman–Crippen LogP) is 4.09. The fourth-order valence-electron chi connectivity index (χ4n) is 2.14. The molecular formula is C15H24O5S. The molecule has 0 aromatic heterocycles. The van der Waals surface area contributed by atoms with Gasteiger partial charge in [-0.2, -0.15) is 8.42 Å². The van der Waals surface area contributed by atoms with Gasteiger partial charge in [0.1, 0.15) is 0 Å². The first kappa shape index (κ1) is 17.9. The van der Waals surface area contributed by atoms with E-state index in [0.717, 1.165) is 24.8 Å². The van der Waals surface area contributed by atoms with Gasteiger partial charge >= 0.3 is 10.4 Å². The Balaban J connectivity index is 2.34. The van der Waals surface area contributed by atoms with Gasteiger partial charge in [-0.3, -0.25) is 4.55 Å². The molecule has 0 aliphatic heterocycles. The molecule has 120 valence electrons. The summed E-state index contributed by atoms with van der Waals surface area (Å²) in [6.07, 6.45) is 9.25. The van der Waals surface area contributed by atoms with E-state index in [1.165, 1.54) is 32.1 Å². The van der Waals surface area contributed by atoms with Gasteiger partial charge in [0.05, 0.1) is 0 Å². The van der Waals surface area contributed by atoms with Crippen molar-refractivity contribution in [2.24, 2.45) is 0 Å². The fraction of sp³-hybridized carbons (Fsp3) is 0.600. The number of unbranched alkanes of at least 4 members (excludes halogenated alkanes) is 6. The minimum absolute atomic E-state index is 0.320. The molecule has 0 heterocycles. The zero-order chi connectivity index (χ0) is 15.6. The van der Waals surface area contributed by atoms with E-state index in [2.05, 4.69) is 16.1 Å². The van der Waals surface area contributed by atoms with Crippen molar-refractivity contribution in [3.8, 4) is 5.75 Å². The predicted molar refractivity (Wildman–Crippen MR) is 81.4 cm³/mol. The molecular weight excluding hydrogens is 292 g/mol. The lowest BCUT2D eigenvalue weighted by molar-refractivity contribution is -0.103. The van der Waals surface area contributed by atoms with Crippen LogP contribution in [0, 0.1) is 0 Å². The lowest BCUT2D eigenvalue weighted by Gasteiger charge is -2.08. The summed E-state index contributed by atoms with van der Waals surface area (Å²) in [6.45, 7) is 2.20. The molecule has 0 saturated carbocycles. The van der Waals surface area contributed by atoms with Crippen LogP contribution in [0.2, 0.25) is 0 Å². The average Bonchev–Trinajstić information content (AvgIpc) is 2.44. The minimum Gasteiger partial charge on any atom is -0.319 e. The van der Waals surface area contributed by atoms with Crippen molar-refractivity contribution in [1.29, 1.82) is 0 Å². The fourth-order valence-corrected chi connectivity index (χ4v) is 2.30. The van der Waals surface area contributed by atoms with Gasteiger partial charge in [-0.15, -0.1) is 0 Å². The number of para-hydroxylation sites is 1. The van der Waals surface area contributed by atoms with Gasteiger partial charge in [0.25, 0.3) is 0 Å². The van der Waals surface area contributed by atoms with Crippen LogP contribution in [-0.2, 0) is 21.2 Å². The summed E-state index contributed by atoms with van der Waals surface area (Å²) < 4.78 is 33.5. The third-order valence-corrected chi connectivity index (χ3v) is 3.47. The average molecular weight is 316 g/mol. The van der Waals surface area contributed by atoms with Crippen LogP contribution in [-0.4, -0.2) is 13.0 Å². The summed E-state index contributed by atoms with van der Waals surface area (Å²) in [5.74, 6) is 0.320. The molecule has 0 unspecified atom stereocenters. The van der Waals surface area contributed by atoms with E-state index in [-0.39, 0.29) is 0 Å². The van der Waals surface area contributed by atoms with Crippen LogP contribution in [0.1, 0.15) is 57.4 Å². The van der Waals surface area contributed by atoms with Gasteiger partial charge in [-0.25, -0.2) is 0 Å². The van der Waals surface area contributed by atoms with Crippen LogP contribution in [0.25, 0.3) is 0 Å². The van der Waals surface area contributed by atoms with E-state index in [1.807, 2.05) is 12.1 Å². The van der Waals surface area contributed by atoms with Crippen molar-refractivity contribution in [3.63, 3.8) is 0 Å². The second-order valence-electron chi connectivity index (χ2n) is 5.06. The van der Waals surface area contributed by atoms with Crippen LogP contribution >= 0.6 is 0 Å². The first-order valence-electron chi connectivity index (χ1n) is 7.44. The highest BCUT2D eigenvalue weighted by molar-refractivity contribution is 7.80. The van der Waals surface area contributed by atoms with Crippen molar-refractivity contribution in [2.75, 3.05) is 0 Å². The standard InChI is InChI=1S/C15H24O5S/c1-2-3-4-5-6-7-8-11-14-12-9-10-13-15(14)19-20-21(16,17)18/h9-10,12-13H,2-8,11H2,1H3,(H,16,17,18). The molecule has 1 N–H and O–H groups in total. The molecule has 1 aromatic carbocycles. The summed E-state index contributed by atoms with van der Waals surface area (Å²) >= 11 is 0. The Morgan fingerprint density at radius 3 is 2.29 bits per heavy atom. The van der Waals surface area contributed by atoms with Crippen LogP contribution in [0.5, 0.6) is 5.75 Å². The monoisotopic (exact) mass is 316 g/mol. The molecule has 5 nitrogen and oxygen atoms in total. The first-order chi connectivity index (χ1) is 10.0. The van der Waals surface area contributed by atoms with E-state index in [9.17, 15) is 8.42 Å². The lowest BCUT2D eigenvalue weighted by atomic mass is 10.0. The third kappa shape index (κ3) is 8.70. The van der Waals surface area contributed by atoms with E-state index in [4.69, 9.17) is 4.55 Å². The summed E-state index contributed by atoms with van der Waals surface area (Å²) in [5.41, 5.74) is 0.870. The number of hydrogen-bond donors (Lipinski definition) is 1. The number of benzene rings is 1. The van der Waals surface area contributed by atoms with Gasteiger partial charge < -0.3 is 4.89 Å². The Hall–Kier alpha value is -1.11. The molecule has 0 fully saturated rings. The number of aryl methyl sites for hydroxylation is 1. The topological polar surface area (TPSA) is 72.8 Å². The summed E-state index contributed by atoms with van der Waals surface area (Å²) in [6, 6.07) is 7.05. The molecule has 0 atom stereocenters. The molecule has 1 rings (SSSR count). The molecule has 0 saturated heterocycles. The Kier molecular flexibility index (Phi) is 8.34. The Labute approximate surface area is 127 Å². The highest BCUT2D eigenvalue weighted by Crippen LogP contribution is 2.21. The van der Waals surface area contributed by atoms with Gasteiger partial charge in [0, 0.05) is 0 Å². The van der Waals surface area contributed by atoms with Crippen LogP contribution in [0.4, 0.5) is 0 Å². The smallest absolute Gasteiger partial charge is 0.319 e. The zero-order valence-electron chi connectivity index (χ0n) is 12.5. The quantitative estimate of drug-likeness (QED) is 0.288. The first-order valence-corrected chi connectivity index (χ1v) is 8.81. The molecule has 21 heavy (non-hydrogen) atoms. The van der Waals surface area contributed by atoms with Crippen molar-refractivity contribution < 1.29 is 22.2 Å². The maximum absolute atomic E-state index is 10.5. The molecule has 0 spiro atoms. The normalized spacial score (nSPS) is 11.5. The van der Waals surface area contributed by atoms with Crippen molar-refractivity contribution in [1.82, 2.24) is 0 Å². The molecule has 0 aliphatic rings. The van der Waals surface area contributed by atoms with E-state index >= 15 is 0 Å². The van der Waals surface area contributed by atoms with Crippen molar-refractivity contribution in [3.05, 3.63) is 29.8 Å². The van der Waals surface area contributed by atoms with E-state index in [1.54, 1.807) is 12.1 Å². The second-order valence-corrected chi connectivity index (χ2v) is 6.05. The maximum Gasteiger partial charge on any atom is 0.432 e. The maximum atomic E-state index is 10.5. The van der Waals surface area contributed by atoms with Gasteiger partial charge in [0.15, 0.2) is 5.75 Å². The third-order valence-electron chi connectivity index (χ3n) is 3.23. The van der Waals surface area contributed by atoms with Crippen LogP contribution < -0.4 is 4.89 Å². The molecule has 0 aliphatic carbocycles. The number of hydrogen-bond acceptors (Lipinski definition) is 4. The molecule has 0 radical (unpaired) electrons. The lowest BCUT2D eigenvalue weighted by Crippen LogP contribution is -2.08. The molecule has 6 heteroatoms. The van der Waals surface area contributed by atoms with E-state index < -0.39 is 10.4 Å². The summed E-state index contributed by atoms with van der Waals surface area (Å²) in [5, 5.41) is 0. The molecule has 0 amide bonds. The highest BCUT2D eigenvalue weighted by atomic mass is 32.3. The Bertz CT molecular complexity index is 499. The van der Waals surface area contributed by atoms with E-state index in [0.29, 0.717) is 5.75 Å². The van der Waals surface area contributed by atoms with Gasteiger partial charge in [0.2, 0.25) is 0 Å². The number of rotatable bonds is 11. The van der Waals surface area contributed by atoms with Crippen molar-refractivity contribution in [2.45, 2.75) is 58.3 Å². The summed E-state index contributed by atoms with van der Waals surface area (Å²) in [4.78, 5) is 4.67. The Morgan fingerprint density at radius 1 is 1.00 bits per heavy atom. The molecule has 0 bridgehead atoms. The van der Waals surface area contributed by atoms with Crippen LogP contribution in [0.3, 0.4) is 0 Å². The molecule has 1 aromatic rings. The zero-order valence-corrected chi connectivity index (χ0v) is 13.3. The van der Waals surface area contributed by atoms with Gasteiger partial charge in [-0.05, 0) is 28.8 Å². The van der Waals surface area contributed by atoms with Crippen molar-refractivity contribution >= 4 is 10.4 Å². The highest BCUT2D eigenvalue weighted by Gasteiger charge is 2.10. The van der Waals surface area contributed by atoms with Crippen LogP contribution in [0.15, 0.2) is 24.3 Å². The second kappa shape index (κ2) is 9.76. The SMILES string of the molecule is CCCCCCCCCc1ccccc1OOS(=O)(=O)O. The Morgan fingerprint density at radius 2 is 1.62 bits per heavy atom. The minimum atomic E-state index is -4.60. The summed E-state index contributed by atoms with van der Waals surface area (Å²) in [7, 11) is -4.60.